The van der Waals surface area contributed by atoms with Crippen molar-refractivity contribution in [1.82, 2.24) is 10.0 Å². The molecule has 21 heavy (non-hydrogen) atoms. The molecule has 2 N–H and O–H groups in total. The summed E-state index contributed by atoms with van der Waals surface area (Å²) in [5.74, 6) is 0.462. The van der Waals surface area contributed by atoms with Crippen LogP contribution in [0.15, 0.2) is 29.2 Å². The zero-order chi connectivity index (χ0) is 14.6. The number of benzene rings is 1. The second-order valence-electron chi connectivity index (χ2n) is 4.77. The van der Waals surface area contributed by atoms with Crippen LogP contribution in [0.1, 0.15) is 12.8 Å². The van der Waals surface area contributed by atoms with E-state index >= 15 is 0 Å². The molecular formula is C12H18ClN3O4S. The quantitative estimate of drug-likeness (QED) is 0.602. The molecule has 1 aromatic rings. The van der Waals surface area contributed by atoms with Gasteiger partial charge < -0.3 is 5.32 Å². The van der Waals surface area contributed by atoms with Gasteiger partial charge in [0.25, 0.3) is 5.69 Å². The van der Waals surface area contributed by atoms with Crippen molar-refractivity contribution in [2.75, 3.05) is 19.6 Å². The SMILES string of the molecule is Cl.O=[N+]([O-])c1ccccc1S(=O)(=O)NCCC1CCNC1. The Hall–Kier alpha value is -1.22. The van der Waals surface area contributed by atoms with E-state index in [0.717, 1.165) is 25.9 Å². The Kier molecular flexibility index (Phi) is 6.53. The lowest BCUT2D eigenvalue weighted by Crippen LogP contribution is -2.27. The highest BCUT2D eigenvalue weighted by Crippen LogP contribution is 2.22. The number of nitrogens with one attached hydrogen (secondary N) is 2. The fraction of sp³-hybridized carbons (Fsp3) is 0.500. The molecule has 1 aliphatic heterocycles. The van der Waals surface area contributed by atoms with Gasteiger partial charge in [-0.1, -0.05) is 12.1 Å². The molecule has 1 aliphatic rings. The number of hydrogen-bond donors (Lipinski definition) is 2. The molecular weight excluding hydrogens is 318 g/mol. The monoisotopic (exact) mass is 335 g/mol. The summed E-state index contributed by atoms with van der Waals surface area (Å²) < 4.78 is 26.6. The lowest BCUT2D eigenvalue weighted by Gasteiger charge is -2.10. The van der Waals surface area contributed by atoms with Gasteiger partial charge in [0, 0.05) is 12.6 Å². The number of hydrogen-bond acceptors (Lipinski definition) is 5. The first kappa shape index (κ1) is 17.8. The van der Waals surface area contributed by atoms with Crippen molar-refractivity contribution >= 4 is 28.1 Å². The largest absolute Gasteiger partial charge is 0.316 e. The first-order valence-electron chi connectivity index (χ1n) is 6.44. The Morgan fingerprint density at radius 1 is 1.38 bits per heavy atom. The van der Waals surface area contributed by atoms with Crippen molar-refractivity contribution in [1.29, 1.82) is 0 Å². The molecule has 9 heteroatoms. The van der Waals surface area contributed by atoms with Crippen molar-refractivity contribution in [2.45, 2.75) is 17.7 Å². The molecule has 0 aliphatic carbocycles. The average Bonchev–Trinajstić information content (AvgIpc) is 2.91. The minimum absolute atomic E-state index is 0. The maximum atomic E-state index is 12.1. The van der Waals surface area contributed by atoms with Crippen LogP contribution in [0.5, 0.6) is 0 Å². The van der Waals surface area contributed by atoms with Gasteiger partial charge in [0.1, 0.15) is 0 Å². The summed E-state index contributed by atoms with van der Waals surface area (Å²) in [6, 6.07) is 5.36. The smallest absolute Gasteiger partial charge is 0.289 e. The molecule has 0 saturated carbocycles. The molecule has 7 nitrogen and oxygen atoms in total. The summed E-state index contributed by atoms with van der Waals surface area (Å²) in [7, 11) is -3.84. The zero-order valence-corrected chi connectivity index (χ0v) is 13.0. The van der Waals surface area contributed by atoms with Crippen LogP contribution < -0.4 is 10.0 Å². The van der Waals surface area contributed by atoms with E-state index in [0.29, 0.717) is 12.5 Å². The molecule has 0 aromatic heterocycles. The van der Waals surface area contributed by atoms with Crippen molar-refractivity contribution in [2.24, 2.45) is 5.92 Å². The Morgan fingerprint density at radius 2 is 2.10 bits per heavy atom. The van der Waals surface area contributed by atoms with E-state index in [-0.39, 0.29) is 17.3 Å². The summed E-state index contributed by atoms with van der Waals surface area (Å²) in [4.78, 5) is 9.89. The fourth-order valence-corrected chi connectivity index (χ4v) is 3.49. The zero-order valence-electron chi connectivity index (χ0n) is 11.3. The topological polar surface area (TPSA) is 101 Å². The van der Waals surface area contributed by atoms with Crippen LogP contribution in [0.25, 0.3) is 0 Å². The van der Waals surface area contributed by atoms with E-state index in [1.54, 1.807) is 0 Å². The molecule has 1 fully saturated rings. The van der Waals surface area contributed by atoms with Crippen LogP contribution in [-0.2, 0) is 10.0 Å². The predicted molar refractivity (Wildman–Crippen MR) is 81.1 cm³/mol. The number of nitro groups is 1. The van der Waals surface area contributed by atoms with E-state index in [4.69, 9.17) is 0 Å². The average molecular weight is 336 g/mol. The van der Waals surface area contributed by atoms with Gasteiger partial charge in [-0.15, -0.1) is 12.4 Å². The van der Waals surface area contributed by atoms with E-state index < -0.39 is 20.6 Å². The van der Waals surface area contributed by atoms with E-state index in [1.165, 1.54) is 24.3 Å². The van der Waals surface area contributed by atoms with E-state index in [1.807, 2.05) is 0 Å². The highest BCUT2D eigenvalue weighted by molar-refractivity contribution is 7.89. The van der Waals surface area contributed by atoms with Crippen LogP contribution in [0.2, 0.25) is 0 Å². The van der Waals surface area contributed by atoms with Crippen LogP contribution in [0.4, 0.5) is 5.69 Å². The first-order valence-corrected chi connectivity index (χ1v) is 7.93. The number of nitro benzene ring substituents is 1. The third-order valence-electron chi connectivity index (χ3n) is 3.36. The van der Waals surface area contributed by atoms with Gasteiger partial charge in [-0.3, -0.25) is 10.1 Å². The first-order chi connectivity index (χ1) is 9.50. The lowest BCUT2D eigenvalue weighted by molar-refractivity contribution is -0.387. The second-order valence-corrected chi connectivity index (χ2v) is 6.51. The summed E-state index contributed by atoms with van der Waals surface area (Å²) >= 11 is 0. The molecule has 118 valence electrons. The number of sulfonamides is 1. The summed E-state index contributed by atoms with van der Waals surface area (Å²) in [6.07, 6.45) is 1.76. The molecule has 0 radical (unpaired) electrons. The Morgan fingerprint density at radius 3 is 2.71 bits per heavy atom. The molecule has 0 amide bonds. The van der Waals surface area contributed by atoms with Crippen LogP contribution in [0.3, 0.4) is 0 Å². The molecule has 0 spiro atoms. The number of halogens is 1. The molecule has 1 saturated heterocycles. The van der Waals surface area contributed by atoms with E-state index in [2.05, 4.69) is 10.0 Å². The maximum Gasteiger partial charge on any atom is 0.289 e. The Balaban J connectivity index is 0.00000220. The van der Waals surface area contributed by atoms with Crippen molar-refractivity contribution in [3.05, 3.63) is 34.4 Å². The third kappa shape index (κ3) is 4.63. The number of nitrogens with zero attached hydrogens (tertiary/aromatic N) is 1. The maximum absolute atomic E-state index is 12.1. The van der Waals surface area contributed by atoms with Crippen LogP contribution >= 0.6 is 12.4 Å². The standard InChI is InChI=1S/C12H17N3O4S.ClH/c16-15(17)11-3-1-2-4-12(11)20(18,19)14-8-6-10-5-7-13-9-10;/h1-4,10,13-14H,5-9H2;1H. The summed E-state index contributed by atoms with van der Waals surface area (Å²) in [5.41, 5.74) is -0.400. The molecule has 1 atom stereocenters. The van der Waals surface area contributed by atoms with Crippen molar-refractivity contribution in [3.63, 3.8) is 0 Å². The van der Waals surface area contributed by atoms with Gasteiger partial charge in [-0.05, 0) is 37.9 Å². The van der Waals surface area contributed by atoms with Crippen molar-refractivity contribution in [3.8, 4) is 0 Å². The summed E-state index contributed by atoms with van der Waals surface area (Å²) in [6.45, 7) is 2.15. The molecule has 1 unspecified atom stereocenters. The number of para-hydroxylation sites is 1. The van der Waals surface area contributed by atoms with Crippen LogP contribution in [0, 0.1) is 16.0 Å². The molecule has 1 aromatic carbocycles. The fourth-order valence-electron chi connectivity index (χ4n) is 2.27. The minimum Gasteiger partial charge on any atom is -0.316 e. The van der Waals surface area contributed by atoms with Gasteiger partial charge >= 0.3 is 0 Å². The molecule has 1 heterocycles. The lowest BCUT2D eigenvalue weighted by atomic mass is 10.1. The molecule has 2 rings (SSSR count). The minimum atomic E-state index is -3.84. The third-order valence-corrected chi connectivity index (χ3v) is 4.87. The van der Waals surface area contributed by atoms with Crippen LogP contribution in [-0.4, -0.2) is 33.0 Å². The number of rotatable bonds is 6. The normalized spacial score (nSPS) is 18.2. The Labute approximate surface area is 129 Å². The second kappa shape index (κ2) is 7.69. The van der Waals surface area contributed by atoms with Gasteiger partial charge in [0.15, 0.2) is 4.90 Å². The highest BCUT2D eigenvalue weighted by atomic mass is 35.5. The summed E-state index contributed by atoms with van der Waals surface area (Å²) in [5, 5.41) is 14.1. The van der Waals surface area contributed by atoms with E-state index in [9.17, 15) is 18.5 Å². The predicted octanol–water partition coefficient (Wildman–Crippen LogP) is 1.29. The Bertz CT molecular complexity index is 588. The van der Waals surface area contributed by atoms with Gasteiger partial charge in [-0.25, -0.2) is 13.1 Å². The van der Waals surface area contributed by atoms with Gasteiger partial charge in [-0.2, -0.15) is 0 Å². The molecule has 0 bridgehead atoms. The van der Waals surface area contributed by atoms with Gasteiger partial charge in [0.2, 0.25) is 10.0 Å². The van der Waals surface area contributed by atoms with Gasteiger partial charge in [0.05, 0.1) is 4.92 Å². The highest BCUT2D eigenvalue weighted by Gasteiger charge is 2.25. The van der Waals surface area contributed by atoms with Crippen molar-refractivity contribution < 1.29 is 13.3 Å².